The van der Waals surface area contributed by atoms with Gasteiger partial charge >= 0.3 is 0 Å². The Balaban J connectivity index is 1.73. The summed E-state index contributed by atoms with van der Waals surface area (Å²) in [4.78, 5) is 0. The molecule has 2 nitrogen and oxygen atoms in total. The molecule has 0 saturated heterocycles. The summed E-state index contributed by atoms with van der Waals surface area (Å²) in [5.41, 5.74) is 1.22. The van der Waals surface area contributed by atoms with Crippen LogP contribution in [0, 0.1) is 0 Å². The first-order valence-corrected chi connectivity index (χ1v) is 6.95. The van der Waals surface area contributed by atoms with Crippen LogP contribution >= 0.6 is 0 Å². The van der Waals surface area contributed by atoms with Crippen molar-refractivity contribution >= 4 is 0 Å². The summed E-state index contributed by atoms with van der Waals surface area (Å²) in [7, 11) is 0. The molecule has 0 unspecified atom stereocenters. The molecular formula is C16H23NO. The molecule has 1 N–H and O–H groups in total. The van der Waals surface area contributed by atoms with E-state index in [1.54, 1.807) is 0 Å². The Morgan fingerprint density at radius 2 is 2.06 bits per heavy atom. The van der Waals surface area contributed by atoms with Crippen LogP contribution in [-0.4, -0.2) is 19.2 Å². The average Bonchev–Trinajstić information content (AvgIpc) is 2.90. The largest absolute Gasteiger partial charge is 0.492 e. The van der Waals surface area contributed by atoms with Gasteiger partial charge in [0.05, 0.1) is 0 Å². The van der Waals surface area contributed by atoms with Gasteiger partial charge in [0.25, 0.3) is 0 Å². The van der Waals surface area contributed by atoms with Crippen LogP contribution in [-0.2, 0) is 6.42 Å². The second-order valence-electron chi connectivity index (χ2n) is 4.88. The van der Waals surface area contributed by atoms with Crippen molar-refractivity contribution in [3.63, 3.8) is 0 Å². The first kappa shape index (κ1) is 13.2. The van der Waals surface area contributed by atoms with Crippen LogP contribution in [0.25, 0.3) is 0 Å². The number of hydrogen-bond donors (Lipinski definition) is 1. The molecule has 1 saturated carbocycles. The third-order valence-corrected chi connectivity index (χ3v) is 3.48. The number of benzene rings is 1. The van der Waals surface area contributed by atoms with Crippen LogP contribution in [0.4, 0.5) is 0 Å². The number of hydrogen-bond acceptors (Lipinski definition) is 2. The maximum Gasteiger partial charge on any atom is 0.122 e. The van der Waals surface area contributed by atoms with Crippen LogP contribution in [0.5, 0.6) is 5.75 Å². The topological polar surface area (TPSA) is 21.3 Å². The van der Waals surface area contributed by atoms with Crippen molar-refractivity contribution in [2.45, 2.75) is 38.1 Å². The summed E-state index contributed by atoms with van der Waals surface area (Å²) in [5.74, 6) is 0.991. The van der Waals surface area contributed by atoms with Gasteiger partial charge in [-0.3, -0.25) is 0 Å². The Labute approximate surface area is 110 Å². The summed E-state index contributed by atoms with van der Waals surface area (Å²) in [6, 6.07) is 8.92. The van der Waals surface area contributed by atoms with Gasteiger partial charge in [0.15, 0.2) is 0 Å². The van der Waals surface area contributed by atoms with Crippen molar-refractivity contribution in [3.05, 3.63) is 42.5 Å². The van der Waals surface area contributed by atoms with E-state index < -0.39 is 0 Å². The fourth-order valence-corrected chi connectivity index (χ4v) is 2.52. The molecule has 0 aliphatic heterocycles. The molecule has 18 heavy (non-hydrogen) atoms. The molecule has 2 heteroatoms. The molecule has 0 aromatic heterocycles. The monoisotopic (exact) mass is 245 g/mol. The van der Waals surface area contributed by atoms with Gasteiger partial charge in [-0.25, -0.2) is 0 Å². The van der Waals surface area contributed by atoms with E-state index in [0.29, 0.717) is 0 Å². The highest BCUT2D eigenvalue weighted by molar-refractivity contribution is 5.34. The number of ether oxygens (including phenoxy) is 1. The summed E-state index contributed by atoms with van der Waals surface area (Å²) < 4.78 is 5.84. The maximum atomic E-state index is 5.84. The highest BCUT2D eigenvalue weighted by atomic mass is 16.5. The maximum absolute atomic E-state index is 5.84. The lowest BCUT2D eigenvalue weighted by molar-refractivity contribution is 0.303. The Bertz CT molecular complexity index is 369. The van der Waals surface area contributed by atoms with Gasteiger partial charge in [-0.05, 0) is 30.9 Å². The van der Waals surface area contributed by atoms with Crippen LogP contribution in [0.2, 0.25) is 0 Å². The van der Waals surface area contributed by atoms with E-state index in [4.69, 9.17) is 4.74 Å². The second kappa shape index (κ2) is 7.22. The van der Waals surface area contributed by atoms with Crippen LogP contribution in [0.15, 0.2) is 36.9 Å². The Kier molecular flexibility index (Phi) is 5.28. The van der Waals surface area contributed by atoms with E-state index in [1.165, 1.54) is 31.2 Å². The predicted octanol–water partition coefficient (Wildman–Crippen LogP) is 3.33. The molecule has 98 valence electrons. The third kappa shape index (κ3) is 3.88. The molecule has 1 aromatic rings. The molecule has 0 amide bonds. The first-order valence-electron chi connectivity index (χ1n) is 6.95. The van der Waals surface area contributed by atoms with E-state index in [-0.39, 0.29) is 0 Å². The van der Waals surface area contributed by atoms with Crippen LogP contribution < -0.4 is 10.1 Å². The van der Waals surface area contributed by atoms with Gasteiger partial charge in [-0.15, -0.1) is 6.58 Å². The summed E-state index contributed by atoms with van der Waals surface area (Å²) in [5, 5.41) is 3.56. The number of para-hydroxylation sites is 1. The molecule has 0 heterocycles. The van der Waals surface area contributed by atoms with E-state index in [0.717, 1.165) is 31.4 Å². The lowest BCUT2D eigenvalue weighted by atomic mass is 10.1. The zero-order valence-electron chi connectivity index (χ0n) is 11.0. The quantitative estimate of drug-likeness (QED) is 0.587. The average molecular weight is 245 g/mol. The first-order chi connectivity index (χ1) is 8.90. The zero-order valence-corrected chi connectivity index (χ0v) is 11.0. The van der Waals surface area contributed by atoms with Gasteiger partial charge in [0.1, 0.15) is 12.4 Å². The zero-order chi connectivity index (χ0) is 12.6. The molecule has 1 aromatic carbocycles. The van der Waals surface area contributed by atoms with Gasteiger partial charge < -0.3 is 10.1 Å². The minimum absolute atomic E-state index is 0.719. The van der Waals surface area contributed by atoms with Crippen molar-refractivity contribution < 1.29 is 4.74 Å². The SMILES string of the molecule is C=CCc1ccccc1OCCNC1CCCC1. The smallest absolute Gasteiger partial charge is 0.122 e. The number of rotatable bonds is 7. The summed E-state index contributed by atoms with van der Waals surface area (Å²) in [6.07, 6.45) is 8.19. The predicted molar refractivity (Wildman–Crippen MR) is 76.1 cm³/mol. The molecule has 2 rings (SSSR count). The Hall–Kier alpha value is -1.28. The molecular weight excluding hydrogens is 222 g/mol. The molecule has 0 atom stereocenters. The summed E-state index contributed by atoms with van der Waals surface area (Å²) in [6.45, 7) is 5.46. The van der Waals surface area contributed by atoms with Crippen LogP contribution in [0.1, 0.15) is 31.2 Å². The minimum atomic E-state index is 0.719. The molecule has 0 spiro atoms. The van der Waals surface area contributed by atoms with Gasteiger partial charge in [-0.2, -0.15) is 0 Å². The molecule has 1 fully saturated rings. The Morgan fingerprint density at radius 1 is 1.28 bits per heavy atom. The molecule has 0 bridgehead atoms. The lowest BCUT2D eigenvalue weighted by Gasteiger charge is -2.14. The molecule has 1 aliphatic carbocycles. The van der Waals surface area contributed by atoms with Gasteiger partial charge in [0, 0.05) is 12.6 Å². The standard InChI is InChI=1S/C16H23NO/c1-2-7-14-8-3-6-11-16(14)18-13-12-17-15-9-4-5-10-15/h2-3,6,8,11,15,17H,1,4-5,7,9-10,12-13H2. The van der Waals surface area contributed by atoms with E-state index in [9.17, 15) is 0 Å². The fourth-order valence-electron chi connectivity index (χ4n) is 2.52. The molecule has 1 aliphatic rings. The van der Waals surface area contributed by atoms with E-state index >= 15 is 0 Å². The van der Waals surface area contributed by atoms with Gasteiger partial charge in [-0.1, -0.05) is 37.1 Å². The number of allylic oxidation sites excluding steroid dienone is 1. The van der Waals surface area contributed by atoms with Gasteiger partial charge in [0.2, 0.25) is 0 Å². The Morgan fingerprint density at radius 3 is 2.83 bits per heavy atom. The van der Waals surface area contributed by atoms with E-state index in [1.807, 2.05) is 24.3 Å². The lowest BCUT2D eigenvalue weighted by Crippen LogP contribution is -2.30. The van der Waals surface area contributed by atoms with Crippen molar-refractivity contribution in [3.8, 4) is 5.75 Å². The van der Waals surface area contributed by atoms with Crippen molar-refractivity contribution in [2.24, 2.45) is 0 Å². The van der Waals surface area contributed by atoms with Crippen molar-refractivity contribution in [1.29, 1.82) is 0 Å². The molecule has 0 radical (unpaired) electrons. The minimum Gasteiger partial charge on any atom is -0.492 e. The van der Waals surface area contributed by atoms with Crippen LogP contribution in [0.3, 0.4) is 0 Å². The normalized spacial score (nSPS) is 15.8. The van der Waals surface area contributed by atoms with Crippen molar-refractivity contribution in [1.82, 2.24) is 5.32 Å². The number of nitrogens with one attached hydrogen (secondary N) is 1. The highest BCUT2D eigenvalue weighted by Gasteiger charge is 2.13. The summed E-state index contributed by atoms with van der Waals surface area (Å²) >= 11 is 0. The van der Waals surface area contributed by atoms with E-state index in [2.05, 4.69) is 18.0 Å². The second-order valence-corrected chi connectivity index (χ2v) is 4.88. The highest BCUT2D eigenvalue weighted by Crippen LogP contribution is 2.19. The fraction of sp³-hybridized carbons (Fsp3) is 0.500. The third-order valence-electron chi connectivity index (χ3n) is 3.48. The van der Waals surface area contributed by atoms with Crippen molar-refractivity contribution in [2.75, 3.05) is 13.2 Å².